The number of hydrogen-bond acceptors (Lipinski definition) is 3. The van der Waals surface area contributed by atoms with Crippen molar-refractivity contribution in [2.75, 3.05) is 7.05 Å². The number of H-pyrrole nitrogens is 1. The first-order chi connectivity index (χ1) is 14.5. The van der Waals surface area contributed by atoms with E-state index in [1.54, 1.807) is 37.1 Å². The topological polar surface area (TPSA) is 70.5 Å². The largest absolute Gasteiger partial charge is 0.337 e. The molecule has 2 aromatic carbocycles. The Morgan fingerprint density at radius 3 is 2.57 bits per heavy atom. The summed E-state index contributed by atoms with van der Waals surface area (Å²) >= 11 is 0. The average molecular weight is 404 g/mol. The van der Waals surface area contributed by atoms with E-state index in [1.165, 1.54) is 16.8 Å². The van der Waals surface area contributed by atoms with E-state index in [1.807, 2.05) is 30.3 Å². The number of amides is 1. The van der Waals surface area contributed by atoms with Crippen molar-refractivity contribution < 1.29 is 9.18 Å². The molecule has 0 aliphatic carbocycles. The molecule has 0 aliphatic rings. The molecular formula is C23H21FN4O2. The van der Waals surface area contributed by atoms with E-state index in [4.69, 9.17) is 0 Å². The van der Waals surface area contributed by atoms with Crippen LogP contribution in [0.15, 0.2) is 65.6 Å². The molecule has 7 heteroatoms. The molecule has 2 aromatic heterocycles. The molecule has 4 rings (SSSR count). The first-order valence-electron chi connectivity index (χ1n) is 9.58. The highest BCUT2D eigenvalue weighted by atomic mass is 19.1. The van der Waals surface area contributed by atoms with Crippen molar-refractivity contribution in [3.63, 3.8) is 0 Å². The number of nitrogens with zero attached hydrogens (tertiary/aromatic N) is 3. The molecule has 30 heavy (non-hydrogen) atoms. The second-order valence-corrected chi connectivity index (χ2v) is 7.24. The highest BCUT2D eigenvalue weighted by molar-refractivity contribution is 5.99. The van der Waals surface area contributed by atoms with E-state index in [2.05, 4.69) is 10.1 Å². The summed E-state index contributed by atoms with van der Waals surface area (Å²) in [6.07, 6.45) is 1.61. The molecule has 1 amide bonds. The summed E-state index contributed by atoms with van der Waals surface area (Å²) in [6, 6.07) is 16.0. The van der Waals surface area contributed by atoms with Gasteiger partial charge in [-0.3, -0.25) is 14.7 Å². The van der Waals surface area contributed by atoms with Crippen molar-refractivity contribution in [1.29, 1.82) is 0 Å². The van der Waals surface area contributed by atoms with E-state index in [0.29, 0.717) is 28.9 Å². The van der Waals surface area contributed by atoms with E-state index < -0.39 is 0 Å². The van der Waals surface area contributed by atoms with Gasteiger partial charge >= 0.3 is 0 Å². The third kappa shape index (κ3) is 3.61. The Kier molecular flexibility index (Phi) is 5.18. The van der Waals surface area contributed by atoms with Gasteiger partial charge in [0.2, 0.25) is 0 Å². The van der Waals surface area contributed by atoms with E-state index in [9.17, 15) is 14.0 Å². The Morgan fingerprint density at radius 1 is 1.13 bits per heavy atom. The van der Waals surface area contributed by atoms with Gasteiger partial charge in [0.1, 0.15) is 11.4 Å². The van der Waals surface area contributed by atoms with Crippen LogP contribution in [0.5, 0.6) is 0 Å². The molecule has 0 aliphatic heterocycles. The van der Waals surface area contributed by atoms with Crippen molar-refractivity contribution in [2.45, 2.75) is 19.9 Å². The maximum absolute atomic E-state index is 14.0. The molecule has 6 nitrogen and oxygen atoms in total. The molecule has 0 fully saturated rings. The highest BCUT2D eigenvalue weighted by Gasteiger charge is 2.21. The van der Waals surface area contributed by atoms with Crippen LogP contribution in [0.4, 0.5) is 4.39 Å². The average Bonchev–Trinajstić information content (AvgIpc) is 3.16. The Bertz CT molecular complexity index is 1280. The second kappa shape index (κ2) is 7.94. The van der Waals surface area contributed by atoms with Crippen molar-refractivity contribution in [2.24, 2.45) is 0 Å². The molecule has 0 radical (unpaired) electrons. The second-order valence-electron chi connectivity index (χ2n) is 7.24. The fourth-order valence-corrected chi connectivity index (χ4v) is 3.48. The van der Waals surface area contributed by atoms with Crippen LogP contribution in [0.25, 0.3) is 5.65 Å². The Balaban J connectivity index is 1.68. The third-order valence-corrected chi connectivity index (χ3v) is 5.13. The third-order valence-electron chi connectivity index (χ3n) is 5.13. The van der Waals surface area contributed by atoms with Gasteiger partial charge in [0.15, 0.2) is 5.65 Å². The molecule has 152 valence electrons. The summed E-state index contributed by atoms with van der Waals surface area (Å²) < 4.78 is 15.3. The summed E-state index contributed by atoms with van der Waals surface area (Å²) in [7, 11) is 1.70. The van der Waals surface area contributed by atoms with Gasteiger partial charge in [-0.25, -0.2) is 13.9 Å². The number of aromatic amines is 1. The molecule has 1 N–H and O–H groups in total. The number of nitrogens with one attached hydrogen (secondary N) is 1. The lowest BCUT2D eigenvalue weighted by molar-refractivity contribution is 0.0787. The summed E-state index contributed by atoms with van der Waals surface area (Å²) in [5, 5.41) is 2.82. The van der Waals surface area contributed by atoms with E-state index >= 15 is 0 Å². The SMILES string of the molecule is Cc1nc2c(C(=O)N(C)Cc3ccccc3)c[nH]n2c(=O)c1Cc1ccccc1F. The smallest absolute Gasteiger partial charge is 0.276 e. The first-order valence-corrected chi connectivity index (χ1v) is 9.58. The van der Waals surface area contributed by atoms with Crippen LogP contribution in [0.2, 0.25) is 0 Å². The van der Waals surface area contributed by atoms with Crippen molar-refractivity contribution in [3.05, 3.63) is 105 Å². The standard InChI is InChI=1S/C23H21FN4O2/c1-15-18(12-17-10-6-7-11-20(17)24)23(30)28-21(26-15)19(13-25-28)22(29)27(2)14-16-8-4-3-5-9-16/h3-11,13,25H,12,14H2,1-2H3. The predicted molar refractivity (Wildman–Crippen MR) is 112 cm³/mol. The van der Waals surface area contributed by atoms with Crippen LogP contribution in [0, 0.1) is 12.7 Å². The molecule has 0 spiro atoms. The lowest BCUT2D eigenvalue weighted by Gasteiger charge is -2.16. The predicted octanol–water partition coefficient (Wildman–Crippen LogP) is 3.33. The monoisotopic (exact) mass is 404 g/mol. The summed E-state index contributed by atoms with van der Waals surface area (Å²) in [4.78, 5) is 32.0. The van der Waals surface area contributed by atoms with Gasteiger partial charge in [-0.1, -0.05) is 48.5 Å². The maximum atomic E-state index is 14.0. The normalized spacial score (nSPS) is 11.0. The molecule has 0 atom stereocenters. The molecule has 0 saturated heterocycles. The lowest BCUT2D eigenvalue weighted by atomic mass is 10.0. The van der Waals surface area contributed by atoms with E-state index in [0.717, 1.165) is 5.56 Å². The summed E-state index contributed by atoms with van der Waals surface area (Å²) in [6.45, 7) is 2.14. The van der Waals surface area contributed by atoms with Crippen LogP contribution >= 0.6 is 0 Å². The maximum Gasteiger partial charge on any atom is 0.276 e. The Morgan fingerprint density at radius 2 is 1.83 bits per heavy atom. The van der Waals surface area contributed by atoms with Crippen LogP contribution in [0.3, 0.4) is 0 Å². The van der Waals surface area contributed by atoms with Gasteiger partial charge in [-0.2, -0.15) is 0 Å². The fourth-order valence-electron chi connectivity index (χ4n) is 3.48. The zero-order valence-corrected chi connectivity index (χ0v) is 16.7. The minimum atomic E-state index is -0.369. The number of aromatic nitrogens is 3. The van der Waals surface area contributed by atoms with Gasteiger partial charge < -0.3 is 4.90 Å². The van der Waals surface area contributed by atoms with Crippen molar-refractivity contribution >= 4 is 11.6 Å². The lowest BCUT2D eigenvalue weighted by Crippen LogP contribution is -2.27. The number of carbonyl (C=O) groups is 1. The molecule has 0 unspecified atom stereocenters. The van der Waals surface area contributed by atoms with Crippen LogP contribution < -0.4 is 5.56 Å². The molecule has 2 heterocycles. The Labute approximate surface area is 172 Å². The number of fused-ring (bicyclic) bond motifs is 1. The molecule has 0 saturated carbocycles. The molecule has 0 bridgehead atoms. The number of benzene rings is 2. The number of aryl methyl sites for hydroxylation is 1. The number of rotatable bonds is 5. The minimum absolute atomic E-state index is 0.128. The summed E-state index contributed by atoms with van der Waals surface area (Å²) in [5.74, 6) is -0.614. The fraction of sp³-hybridized carbons (Fsp3) is 0.174. The van der Waals surface area contributed by atoms with Gasteiger partial charge in [-0.05, 0) is 24.1 Å². The molecule has 4 aromatic rings. The van der Waals surface area contributed by atoms with Gasteiger partial charge in [0.25, 0.3) is 11.5 Å². The van der Waals surface area contributed by atoms with Crippen molar-refractivity contribution in [3.8, 4) is 0 Å². The number of halogens is 1. The van der Waals surface area contributed by atoms with Gasteiger partial charge in [0, 0.05) is 37.5 Å². The zero-order chi connectivity index (χ0) is 21.3. The summed E-state index contributed by atoms with van der Waals surface area (Å²) in [5.41, 5.74) is 2.52. The first kappa shape index (κ1) is 19.6. The number of carbonyl (C=O) groups excluding carboxylic acids is 1. The molecular weight excluding hydrogens is 383 g/mol. The van der Waals surface area contributed by atoms with Gasteiger partial charge in [-0.15, -0.1) is 0 Å². The minimum Gasteiger partial charge on any atom is -0.337 e. The zero-order valence-electron chi connectivity index (χ0n) is 16.7. The van der Waals surface area contributed by atoms with Crippen LogP contribution in [-0.2, 0) is 13.0 Å². The van der Waals surface area contributed by atoms with Crippen LogP contribution in [0.1, 0.15) is 32.7 Å². The number of hydrogen-bond donors (Lipinski definition) is 1. The van der Waals surface area contributed by atoms with E-state index in [-0.39, 0.29) is 29.4 Å². The highest BCUT2D eigenvalue weighted by Crippen LogP contribution is 2.16. The van der Waals surface area contributed by atoms with Gasteiger partial charge in [0.05, 0.1) is 0 Å². The Hall–Kier alpha value is -3.74. The quantitative estimate of drug-likeness (QED) is 0.555. The van der Waals surface area contributed by atoms with Crippen molar-refractivity contribution in [1.82, 2.24) is 19.5 Å². The van der Waals surface area contributed by atoms with Crippen LogP contribution in [-0.4, -0.2) is 32.5 Å².